The van der Waals surface area contributed by atoms with Crippen LogP contribution in [-0.2, 0) is 9.53 Å². The van der Waals surface area contributed by atoms with Gasteiger partial charge in [-0.2, -0.15) is 0 Å². The molecule has 1 aromatic carbocycles. The van der Waals surface area contributed by atoms with E-state index in [0.717, 1.165) is 15.7 Å². The highest BCUT2D eigenvalue weighted by molar-refractivity contribution is 9.10. The molecule has 0 fully saturated rings. The predicted octanol–water partition coefficient (Wildman–Crippen LogP) is 1.65. The molecule has 0 spiro atoms. The number of nitrogens with one attached hydrogen (secondary N) is 2. The van der Waals surface area contributed by atoms with Crippen LogP contribution in [0.3, 0.4) is 0 Å². The maximum absolute atomic E-state index is 11.5. The lowest BCUT2D eigenvalue weighted by Gasteiger charge is -2.10. The summed E-state index contributed by atoms with van der Waals surface area (Å²) in [5, 5.41) is 5.94. The first-order chi connectivity index (χ1) is 9.54. The summed E-state index contributed by atoms with van der Waals surface area (Å²) in [6.45, 7) is 1.59. The molecule has 0 aliphatic rings. The fourth-order valence-corrected chi connectivity index (χ4v) is 2.15. The number of amides is 1. The Balaban J connectivity index is 2.38. The van der Waals surface area contributed by atoms with E-state index in [1.807, 2.05) is 18.2 Å². The van der Waals surface area contributed by atoms with Crippen molar-refractivity contribution in [3.05, 3.63) is 28.2 Å². The minimum atomic E-state index is -0.00886. The third kappa shape index (κ3) is 5.85. The largest absolute Gasteiger partial charge is 0.389 e. The van der Waals surface area contributed by atoms with Crippen molar-refractivity contribution < 1.29 is 9.53 Å². The van der Waals surface area contributed by atoms with Gasteiger partial charge in [-0.1, -0.05) is 12.2 Å². The number of carbonyl (C=O) groups is 1. The first-order valence-electron chi connectivity index (χ1n) is 6.13. The van der Waals surface area contributed by atoms with E-state index >= 15 is 0 Å². The Morgan fingerprint density at radius 3 is 2.80 bits per heavy atom. The number of methoxy groups -OCH3 is 1. The third-order valence-corrected chi connectivity index (χ3v) is 3.44. The monoisotopic (exact) mass is 359 g/mol. The maximum Gasteiger partial charge on any atom is 0.221 e. The van der Waals surface area contributed by atoms with Crippen molar-refractivity contribution in [2.45, 2.75) is 6.42 Å². The van der Waals surface area contributed by atoms with Gasteiger partial charge in [0.05, 0.1) is 6.61 Å². The minimum absolute atomic E-state index is 0.00886. The van der Waals surface area contributed by atoms with Gasteiger partial charge in [-0.15, -0.1) is 0 Å². The zero-order valence-electron chi connectivity index (χ0n) is 11.2. The molecule has 5 nitrogen and oxygen atoms in total. The maximum atomic E-state index is 11.5. The van der Waals surface area contributed by atoms with E-state index in [9.17, 15) is 4.79 Å². The van der Waals surface area contributed by atoms with Crippen molar-refractivity contribution in [3.8, 4) is 0 Å². The fourth-order valence-electron chi connectivity index (χ4n) is 1.50. The third-order valence-electron chi connectivity index (χ3n) is 2.55. The van der Waals surface area contributed by atoms with Gasteiger partial charge in [-0.05, 0) is 34.1 Å². The second kappa shape index (κ2) is 8.89. The van der Waals surface area contributed by atoms with Gasteiger partial charge < -0.3 is 21.1 Å². The number of anilines is 1. The van der Waals surface area contributed by atoms with Gasteiger partial charge in [0.2, 0.25) is 5.91 Å². The highest BCUT2D eigenvalue weighted by atomic mass is 79.9. The molecular weight excluding hydrogens is 342 g/mol. The Kier molecular flexibility index (Phi) is 7.50. The van der Waals surface area contributed by atoms with E-state index in [1.165, 1.54) is 0 Å². The Bertz CT molecular complexity index is 483. The van der Waals surface area contributed by atoms with Gasteiger partial charge in [0.15, 0.2) is 0 Å². The van der Waals surface area contributed by atoms with Gasteiger partial charge in [-0.25, -0.2) is 0 Å². The Morgan fingerprint density at radius 2 is 2.20 bits per heavy atom. The molecule has 0 heterocycles. The lowest BCUT2D eigenvalue weighted by Crippen LogP contribution is -2.28. The molecule has 0 aliphatic heterocycles. The molecule has 0 saturated heterocycles. The van der Waals surface area contributed by atoms with Crippen LogP contribution in [0, 0.1) is 0 Å². The molecule has 0 aromatic heterocycles. The van der Waals surface area contributed by atoms with E-state index in [4.69, 9.17) is 22.7 Å². The summed E-state index contributed by atoms with van der Waals surface area (Å²) in [4.78, 5) is 11.8. The van der Waals surface area contributed by atoms with Crippen molar-refractivity contribution in [2.75, 3.05) is 32.1 Å². The highest BCUT2D eigenvalue weighted by Crippen LogP contribution is 2.23. The lowest BCUT2D eigenvalue weighted by atomic mass is 10.2. The van der Waals surface area contributed by atoms with Crippen LogP contribution in [0.1, 0.15) is 12.0 Å². The van der Waals surface area contributed by atoms with E-state index < -0.39 is 0 Å². The van der Waals surface area contributed by atoms with Crippen molar-refractivity contribution in [1.29, 1.82) is 0 Å². The number of hydrogen-bond acceptors (Lipinski definition) is 4. The molecule has 0 radical (unpaired) electrons. The topological polar surface area (TPSA) is 76.4 Å². The fraction of sp³-hybridized carbons (Fsp3) is 0.385. The summed E-state index contributed by atoms with van der Waals surface area (Å²) >= 11 is 8.35. The summed E-state index contributed by atoms with van der Waals surface area (Å²) in [5.74, 6) is -0.00886. The summed E-state index contributed by atoms with van der Waals surface area (Å²) in [6.07, 6.45) is 0.396. The van der Waals surface area contributed by atoms with Crippen LogP contribution in [0.15, 0.2) is 22.7 Å². The summed E-state index contributed by atoms with van der Waals surface area (Å²) < 4.78 is 5.72. The van der Waals surface area contributed by atoms with Crippen molar-refractivity contribution in [1.82, 2.24) is 5.32 Å². The Labute approximate surface area is 132 Å². The van der Waals surface area contributed by atoms with E-state index in [2.05, 4.69) is 26.6 Å². The second-order valence-corrected chi connectivity index (χ2v) is 5.37. The minimum Gasteiger partial charge on any atom is -0.389 e. The Hall–Kier alpha value is -1.18. The molecule has 4 N–H and O–H groups in total. The van der Waals surface area contributed by atoms with Gasteiger partial charge in [-0.3, -0.25) is 4.79 Å². The molecule has 7 heteroatoms. The summed E-state index contributed by atoms with van der Waals surface area (Å²) in [5.41, 5.74) is 7.26. The molecule has 0 saturated carbocycles. The second-order valence-electron chi connectivity index (χ2n) is 4.08. The number of thiocarbonyl (C=S) groups is 1. The highest BCUT2D eigenvalue weighted by Gasteiger charge is 2.04. The average Bonchev–Trinajstić information content (AvgIpc) is 2.40. The molecule has 1 aromatic rings. The molecule has 0 aliphatic carbocycles. The SMILES string of the molecule is COCCNC(=O)CCNc1ccc(C(N)=S)cc1Br. The van der Waals surface area contributed by atoms with Crippen LogP contribution in [-0.4, -0.2) is 37.7 Å². The molecule has 110 valence electrons. The number of hydrogen-bond donors (Lipinski definition) is 3. The van der Waals surface area contributed by atoms with Gasteiger partial charge in [0, 0.05) is 42.3 Å². The van der Waals surface area contributed by atoms with Crippen molar-refractivity contribution >= 4 is 44.7 Å². The lowest BCUT2D eigenvalue weighted by molar-refractivity contribution is -0.121. The van der Waals surface area contributed by atoms with Gasteiger partial charge in [0.25, 0.3) is 0 Å². The van der Waals surface area contributed by atoms with Crippen LogP contribution in [0.4, 0.5) is 5.69 Å². The number of benzene rings is 1. The normalized spacial score (nSPS) is 10.1. The number of ether oxygens (including phenoxy) is 1. The van der Waals surface area contributed by atoms with Crippen LogP contribution >= 0.6 is 28.1 Å². The molecule has 20 heavy (non-hydrogen) atoms. The molecule has 0 unspecified atom stereocenters. The quantitative estimate of drug-likeness (QED) is 0.486. The van der Waals surface area contributed by atoms with Crippen molar-refractivity contribution in [2.24, 2.45) is 5.73 Å². The van der Waals surface area contributed by atoms with E-state index in [0.29, 0.717) is 31.1 Å². The zero-order valence-corrected chi connectivity index (χ0v) is 13.6. The standard InChI is InChI=1S/C13H18BrN3O2S/c1-19-7-6-17-12(18)4-5-16-11-3-2-9(13(15)20)8-10(11)14/h2-3,8,16H,4-7H2,1H3,(H2,15,20)(H,17,18). The average molecular weight is 360 g/mol. The molecular formula is C13H18BrN3O2S. The predicted molar refractivity (Wildman–Crippen MR) is 88.0 cm³/mol. The molecule has 0 bridgehead atoms. The number of nitrogens with two attached hydrogens (primary N) is 1. The van der Waals surface area contributed by atoms with E-state index in [1.54, 1.807) is 7.11 Å². The van der Waals surface area contributed by atoms with Crippen LogP contribution in [0.5, 0.6) is 0 Å². The molecule has 1 rings (SSSR count). The molecule has 1 amide bonds. The summed E-state index contributed by atoms with van der Waals surface area (Å²) in [7, 11) is 1.60. The molecule has 0 atom stereocenters. The Morgan fingerprint density at radius 1 is 1.45 bits per heavy atom. The van der Waals surface area contributed by atoms with Crippen LogP contribution < -0.4 is 16.4 Å². The smallest absolute Gasteiger partial charge is 0.221 e. The number of halogens is 1. The van der Waals surface area contributed by atoms with Crippen LogP contribution in [0.25, 0.3) is 0 Å². The summed E-state index contributed by atoms with van der Waals surface area (Å²) in [6, 6.07) is 5.57. The number of rotatable bonds is 8. The van der Waals surface area contributed by atoms with E-state index in [-0.39, 0.29) is 5.91 Å². The van der Waals surface area contributed by atoms with Gasteiger partial charge in [0.1, 0.15) is 4.99 Å². The zero-order chi connectivity index (χ0) is 15.0. The van der Waals surface area contributed by atoms with Crippen molar-refractivity contribution in [3.63, 3.8) is 0 Å². The van der Waals surface area contributed by atoms with Crippen LogP contribution in [0.2, 0.25) is 0 Å². The van der Waals surface area contributed by atoms with Gasteiger partial charge >= 0.3 is 0 Å². The first kappa shape index (κ1) is 16.9. The first-order valence-corrected chi connectivity index (χ1v) is 7.33. The number of carbonyl (C=O) groups excluding carboxylic acids is 1.